The Balaban J connectivity index is 2.74. The smallest absolute Gasteiger partial charge is 0.319 e. The van der Waals surface area contributed by atoms with Gasteiger partial charge in [0, 0.05) is 19.3 Å². The Morgan fingerprint density at radius 2 is 1.85 bits per heavy atom. The van der Waals surface area contributed by atoms with Gasteiger partial charge in [0.15, 0.2) is 0 Å². The molecule has 1 rings (SSSR count). The van der Waals surface area contributed by atoms with E-state index in [1.807, 2.05) is 4.57 Å². The first-order valence-electron chi connectivity index (χ1n) is 6.45. The Labute approximate surface area is 118 Å². The highest BCUT2D eigenvalue weighted by Gasteiger charge is 2.17. The molecule has 1 aromatic rings. The second kappa shape index (κ2) is 8.31. The molecule has 7 nitrogen and oxygen atoms in total. The van der Waals surface area contributed by atoms with Crippen LogP contribution in [0.1, 0.15) is 19.0 Å². The van der Waals surface area contributed by atoms with Crippen LogP contribution in [0.3, 0.4) is 0 Å². The normalized spacial score (nSPS) is 10.6. The van der Waals surface area contributed by atoms with E-state index in [9.17, 15) is 9.59 Å². The van der Waals surface area contributed by atoms with Gasteiger partial charge in [-0.05, 0) is 6.42 Å². The average molecular weight is 283 g/mol. The summed E-state index contributed by atoms with van der Waals surface area (Å²) in [6.07, 6.45) is 4.46. The fraction of sp³-hybridized carbons (Fsp3) is 0.615. The van der Waals surface area contributed by atoms with Gasteiger partial charge in [0.25, 0.3) is 0 Å². The maximum atomic E-state index is 11.4. The van der Waals surface area contributed by atoms with Crippen LogP contribution in [-0.2, 0) is 32.2 Å². The molecule has 0 unspecified atom stereocenters. The molecule has 0 fully saturated rings. The summed E-state index contributed by atoms with van der Waals surface area (Å²) in [5.41, 5.74) is 0.944. The van der Waals surface area contributed by atoms with Crippen LogP contribution in [-0.4, -0.2) is 53.7 Å². The molecule has 0 amide bonds. The lowest BCUT2D eigenvalue weighted by Gasteiger charge is -2.20. The van der Waals surface area contributed by atoms with E-state index in [1.165, 1.54) is 14.2 Å². The number of rotatable bonds is 8. The van der Waals surface area contributed by atoms with Crippen molar-refractivity contribution in [2.24, 2.45) is 0 Å². The molecular formula is C13H21N3O4. The summed E-state index contributed by atoms with van der Waals surface area (Å²) in [5, 5.41) is 0. The zero-order valence-corrected chi connectivity index (χ0v) is 12.2. The van der Waals surface area contributed by atoms with E-state index >= 15 is 0 Å². The molecule has 0 aliphatic carbocycles. The largest absolute Gasteiger partial charge is 0.468 e. The molecule has 0 atom stereocenters. The fourth-order valence-electron chi connectivity index (χ4n) is 1.81. The highest BCUT2D eigenvalue weighted by Crippen LogP contribution is 2.06. The summed E-state index contributed by atoms with van der Waals surface area (Å²) in [6.45, 7) is 3.42. The number of methoxy groups -OCH3 is 2. The molecule has 1 aromatic heterocycles. The van der Waals surface area contributed by atoms with E-state index in [0.29, 0.717) is 6.54 Å². The molecule has 0 aliphatic heterocycles. The number of carbonyl (C=O) groups excluding carboxylic acids is 2. The SMILES string of the molecule is CCCn1cncc1CN(CC(=O)OC)CC(=O)OC. The van der Waals surface area contributed by atoms with Gasteiger partial charge in [-0.2, -0.15) is 0 Å². The van der Waals surface area contributed by atoms with Gasteiger partial charge < -0.3 is 14.0 Å². The summed E-state index contributed by atoms with van der Waals surface area (Å²) in [7, 11) is 2.64. The maximum Gasteiger partial charge on any atom is 0.319 e. The van der Waals surface area contributed by atoms with Crippen LogP contribution in [0.2, 0.25) is 0 Å². The van der Waals surface area contributed by atoms with Crippen molar-refractivity contribution < 1.29 is 19.1 Å². The van der Waals surface area contributed by atoms with Crippen molar-refractivity contribution in [1.82, 2.24) is 14.5 Å². The topological polar surface area (TPSA) is 73.7 Å². The Bertz CT molecular complexity index is 427. The first-order valence-corrected chi connectivity index (χ1v) is 6.45. The van der Waals surface area contributed by atoms with Crippen LogP contribution in [0.5, 0.6) is 0 Å². The van der Waals surface area contributed by atoms with Crippen LogP contribution in [0.25, 0.3) is 0 Å². The van der Waals surface area contributed by atoms with Crippen LogP contribution in [0.4, 0.5) is 0 Å². The van der Waals surface area contributed by atoms with Crippen molar-refractivity contribution in [2.45, 2.75) is 26.4 Å². The number of nitrogens with zero attached hydrogens (tertiary/aromatic N) is 3. The average Bonchev–Trinajstić information content (AvgIpc) is 2.86. The van der Waals surface area contributed by atoms with Gasteiger partial charge >= 0.3 is 11.9 Å². The highest BCUT2D eigenvalue weighted by atomic mass is 16.5. The Hall–Kier alpha value is -1.89. The van der Waals surface area contributed by atoms with Gasteiger partial charge in [0.2, 0.25) is 0 Å². The number of aromatic nitrogens is 2. The second-order valence-corrected chi connectivity index (χ2v) is 4.38. The number of ether oxygens (including phenoxy) is 2. The number of imidazole rings is 1. The molecular weight excluding hydrogens is 262 g/mol. The van der Waals surface area contributed by atoms with Gasteiger partial charge in [-0.15, -0.1) is 0 Å². The van der Waals surface area contributed by atoms with Gasteiger partial charge in [-0.3, -0.25) is 14.5 Å². The summed E-state index contributed by atoms with van der Waals surface area (Å²) < 4.78 is 11.3. The minimum absolute atomic E-state index is 0.0307. The number of aryl methyl sites for hydroxylation is 1. The highest BCUT2D eigenvalue weighted by molar-refractivity contribution is 5.74. The molecule has 20 heavy (non-hydrogen) atoms. The molecule has 1 heterocycles. The fourth-order valence-corrected chi connectivity index (χ4v) is 1.81. The molecule has 0 bridgehead atoms. The zero-order chi connectivity index (χ0) is 15.0. The Morgan fingerprint density at radius 1 is 1.25 bits per heavy atom. The van der Waals surface area contributed by atoms with E-state index in [0.717, 1.165) is 18.7 Å². The monoisotopic (exact) mass is 283 g/mol. The Kier molecular flexibility index (Phi) is 6.72. The third-order valence-corrected chi connectivity index (χ3v) is 2.81. The third kappa shape index (κ3) is 5.00. The van der Waals surface area contributed by atoms with E-state index in [-0.39, 0.29) is 13.1 Å². The molecule has 0 saturated carbocycles. The molecule has 0 N–H and O–H groups in total. The summed E-state index contributed by atoms with van der Waals surface area (Å²) >= 11 is 0. The van der Waals surface area contributed by atoms with E-state index in [2.05, 4.69) is 21.4 Å². The number of carbonyl (C=O) groups is 2. The van der Waals surface area contributed by atoms with Gasteiger partial charge in [-0.1, -0.05) is 6.92 Å². The number of hydrogen-bond donors (Lipinski definition) is 0. The second-order valence-electron chi connectivity index (χ2n) is 4.38. The Morgan fingerprint density at radius 3 is 2.35 bits per heavy atom. The third-order valence-electron chi connectivity index (χ3n) is 2.81. The van der Waals surface area contributed by atoms with Gasteiger partial charge in [0.1, 0.15) is 0 Å². The summed E-state index contributed by atoms with van der Waals surface area (Å²) in [6, 6.07) is 0. The maximum absolute atomic E-state index is 11.4. The molecule has 0 spiro atoms. The van der Waals surface area contributed by atoms with Crippen molar-refractivity contribution in [3.05, 3.63) is 18.2 Å². The predicted octanol–water partition coefficient (Wildman–Crippen LogP) is 0.441. The van der Waals surface area contributed by atoms with Crippen molar-refractivity contribution >= 4 is 11.9 Å². The lowest BCUT2D eigenvalue weighted by atomic mass is 10.3. The van der Waals surface area contributed by atoms with E-state index in [1.54, 1.807) is 17.4 Å². The van der Waals surface area contributed by atoms with Crippen molar-refractivity contribution in [2.75, 3.05) is 27.3 Å². The molecule has 112 valence electrons. The standard InChI is InChI=1S/C13H21N3O4/c1-4-5-16-10-14-6-11(16)7-15(8-12(17)19-2)9-13(18)20-3/h6,10H,4-5,7-9H2,1-3H3. The molecule has 0 saturated heterocycles. The van der Waals surface area contributed by atoms with Crippen molar-refractivity contribution in [3.8, 4) is 0 Å². The minimum atomic E-state index is -0.393. The first-order chi connectivity index (χ1) is 9.60. The first kappa shape index (κ1) is 16.2. The van der Waals surface area contributed by atoms with Crippen LogP contribution in [0, 0.1) is 0 Å². The molecule has 0 radical (unpaired) electrons. The predicted molar refractivity (Wildman–Crippen MR) is 71.8 cm³/mol. The van der Waals surface area contributed by atoms with Gasteiger partial charge in [0.05, 0.1) is 39.3 Å². The van der Waals surface area contributed by atoms with Crippen molar-refractivity contribution in [1.29, 1.82) is 0 Å². The van der Waals surface area contributed by atoms with Crippen LogP contribution >= 0.6 is 0 Å². The van der Waals surface area contributed by atoms with Crippen LogP contribution < -0.4 is 0 Å². The van der Waals surface area contributed by atoms with E-state index in [4.69, 9.17) is 0 Å². The number of esters is 2. The zero-order valence-electron chi connectivity index (χ0n) is 12.2. The molecule has 7 heteroatoms. The molecule has 0 aromatic carbocycles. The van der Waals surface area contributed by atoms with Gasteiger partial charge in [-0.25, -0.2) is 4.98 Å². The number of hydrogen-bond acceptors (Lipinski definition) is 6. The lowest BCUT2D eigenvalue weighted by Crippen LogP contribution is -2.35. The molecule has 0 aliphatic rings. The quantitative estimate of drug-likeness (QED) is 0.645. The summed E-state index contributed by atoms with van der Waals surface area (Å²) in [5.74, 6) is -0.786. The van der Waals surface area contributed by atoms with E-state index < -0.39 is 11.9 Å². The van der Waals surface area contributed by atoms with Crippen molar-refractivity contribution in [3.63, 3.8) is 0 Å². The minimum Gasteiger partial charge on any atom is -0.468 e. The van der Waals surface area contributed by atoms with Crippen LogP contribution in [0.15, 0.2) is 12.5 Å². The summed E-state index contributed by atoms with van der Waals surface area (Å²) in [4.78, 5) is 28.5. The lowest BCUT2D eigenvalue weighted by molar-refractivity contribution is -0.145.